The van der Waals surface area contributed by atoms with E-state index < -0.39 is 23.3 Å². The fourth-order valence-electron chi connectivity index (χ4n) is 1.29. The van der Waals surface area contributed by atoms with Crippen LogP contribution in [0.5, 0.6) is 5.75 Å². The average molecular weight is 250 g/mol. The number of halogens is 2. The lowest BCUT2D eigenvalue weighted by atomic mass is 10.2. The lowest BCUT2D eigenvalue weighted by Crippen LogP contribution is -2.13. The van der Waals surface area contributed by atoms with Crippen molar-refractivity contribution < 1.29 is 18.7 Å². The second kappa shape index (κ2) is 4.79. The van der Waals surface area contributed by atoms with E-state index in [1.54, 1.807) is 0 Å². The lowest BCUT2D eigenvalue weighted by molar-refractivity contribution is 0.102. The van der Waals surface area contributed by atoms with Gasteiger partial charge in [0.25, 0.3) is 5.91 Å². The maximum atomic E-state index is 13.0. The summed E-state index contributed by atoms with van der Waals surface area (Å²) < 4.78 is 25.6. The van der Waals surface area contributed by atoms with Gasteiger partial charge in [0, 0.05) is 11.8 Å². The molecule has 0 aliphatic rings. The lowest BCUT2D eigenvalue weighted by Gasteiger charge is -2.05. The highest BCUT2D eigenvalue weighted by Crippen LogP contribution is 2.19. The summed E-state index contributed by atoms with van der Waals surface area (Å²) in [6, 6.07) is 5.72. The summed E-state index contributed by atoms with van der Waals surface area (Å²) >= 11 is 0. The first kappa shape index (κ1) is 12.0. The van der Waals surface area contributed by atoms with Crippen LogP contribution in [-0.2, 0) is 0 Å². The SMILES string of the molecule is O=C(Nc1ccc(O)c(F)c1)c1ccc(F)cn1. The number of hydrogen-bond donors (Lipinski definition) is 2. The van der Waals surface area contributed by atoms with Crippen LogP contribution in [0.15, 0.2) is 36.5 Å². The Morgan fingerprint density at radius 2 is 2.00 bits per heavy atom. The van der Waals surface area contributed by atoms with Gasteiger partial charge in [0.05, 0.1) is 6.20 Å². The summed E-state index contributed by atoms with van der Waals surface area (Å²) in [4.78, 5) is 15.2. The molecule has 6 heteroatoms. The summed E-state index contributed by atoms with van der Waals surface area (Å²) in [7, 11) is 0. The van der Waals surface area contributed by atoms with Gasteiger partial charge in [-0.15, -0.1) is 0 Å². The first-order valence-electron chi connectivity index (χ1n) is 4.97. The largest absolute Gasteiger partial charge is 0.505 e. The number of aromatic hydroxyl groups is 1. The minimum Gasteiger partial charge on any atom is -0.505 e. The van der Waals surface area contributed by atoms with Gasteiger partial charge in [0.15, 0.2) is 11.6 Å². The van der Waals surface area contributed by atoms with Crippen molar-refractivity contribution in [3.8, 4) is 5.75 Å². The van der Waals surface area contributed by atoms with Crippen LogP contribution in [0.2, 0.25) is 0 Å². The van der Waals surface area contributed by atoms with E-state index in [0.29, 0.717) is 0 Å². The molecule has 2 N–H and O–H groups in total. The van der Waals surface area contributed by atoms with Crippen LogP contribution in [0.1, 0.15) is 10.5 Å². The average Bonchev–Trinajstić information content (AvgIpc) is 2.34. The molecule has 0 aliphatic carbocycles. The van der Waals surface area contributed by atoms with Crippen LogP contribution in [0.3, 0.4) is 0 Å². The first-order chi connectivity index (χ1) is 8.56. The molecule has 0 atom stereocenters. The Labute approximate surface area is 101 Å². The van der Waals surface area contributed by atoms with Crippen LogP contribution >= 0.6 is 0 Å². The van der Waals surface area contributed by atoms with E-state index in [1.807, 2.05) is 0 Å². The van der Waals surface area contributed by atoms with E-state index in [-0.39, 0.29) is 11.4 Å². The molecule has 0 aliphatic heterocycles. The fraction of sp³-hybridized carbons (Fsp3) is 0. The highest BCUT2D eigenvalue weighted by atomic mass is 19.1. The third-order valence-corrected chi connectivity index (χ3v) is 2.17. The number of amides is 1. The van der Waals surface area contributed by atoms with Crippen molar-refractivity contribution in [1.82, 2.24) is 4.98 Å². The molecule has 1 heterocycles. The molecule has 1 aromatic carbocycles. The minimum absolute atomic E-state index is 0.00452. The molecule has 0 saturated heterocycles. The van der Waals surface area contributed by atoms with Crippen LogP contribution in [-0.4, -0.2) is 16.0 Å². The van der Waals surface area contributed by atoms with Crippen molar-refractivity contribution >= 4 is 11.6 Å². The van der Waals surface area contributed by atoms with Crippen molar-refractivity contribution in [2.75, 3.05) is 5.32 Å². The molecular weight excluding hydrogens is 242 g/mol. The van der Waals surface area contributed by atoms with Crippen LogP contribution in [0.4, 0.5) is 14.5 Å². The number of benzene rings is 1. The molecule has 4 nitrogen and oxygen atoms in total. The normalized spacial score (nSPS) is 10.1. The maximum absolute atomic E-state index is 13.0. The standard InChI is InChI=1S/C12H8F2N2O2/c13-7-1-3-10(15-6-7)12(18)16-8-2-4-11(17)9(14)5-8/h1-6,17H,(H,16,18). The number of pyridine rings is 1. The number of phenols is 1. The predicted molar refractivity (Wildman–Crippen MR) is 60.2 cm³/mol. The third kappa shape index (κ3) is 2.60. The number of rotatable bonds is 2. The van der Waals surface area contributed by atoms with E-state index in [2.05, 4.69) is 10.3 Å². The molecule has 0 radical (unpaired) electrons. The number of anilines is 1. The summed E-state index contributed by atoms with van der Waals surface area (Å²) in [5.74, 6) is -2.50. The van der Waals surface area contributed by atoms with Gasteiger partial charge in [-0.2, -0.15) is 0 Å². The van der Waals surface area contributed by atoms with E-state index in [1.165, 1.54) is 12.1 Å². The van der Waals surface area contributed by atoms with Crippen molar-refractivity contribution in [3.63, 3.8) is 0 Å². The number of nitrogens with zero attached hydrogens (tertiary/aromatic N) is 1. The Morgan fingerprint density at radius 3 is 2.61 bits per heavy atom. The Bertz CT molecular complexity index is 585. The monoisotopic (exact) mass is 250 g/mol. The highest BCUT2D eigenvalue weighted by molar-refractivity contribution is 6.02. The summed E-state index contributed by atoms with van der Waals surface area (Å²) in [5.41, 5.74) is 0.173. The highest BCUT2D eigenvalue weighted by Gasteiger charge is 2.09. The van der Waals surface area contributed by atoms with Crippen LogP contribution < -0.4 is 5.32 Å². The number of carbonyl (C=O) groups excluding carboxylic acids is 1. The van der Waals surface area contributed by atoms with E-state index in [4.69, 9.17) is 5.11 Å². The number of aromatic nitrogens is 1. The Kier molecular flexibility index (Phi) is 3.18. The van der Waals surface area contributed by atoms with E-state index in [9.17, 15) is 13.6 Å². The van der Waals surface area contributed by atoms with Gasteiger partial charge < -0.3 is 10.4 Å². The number of carbonyl (C=O) groups is 1. The summed E-state index contributed by atoms with van der Waals surface area (Å²) in [6.45, 7) is 0. The van der Waals surface area contributed by atoms with Gasteiger partial charge in [0.2, 0.25) is 0 Å². The number of hydrogen-bond acceptors (Lipinski definition) is 3. The second-order valence-electron chi connectivity index (χ2n) is 3.48. The zero-order valence-corrected chi connectivity index (χ0v) is 9.02. The predicted octanol–water partition coefficient (Wildman–Crippen LogP) is 2.32. The van der Waals surface area contributed by atoms with Crippen molar-refractivity contribution in [1.29, 1.82) is 0 Å². The third-order valence-electron chi connectivity index (χ3n) is 2.17. The Balaban J connectivity index is 2.16. The van der Waals surface area contributed by atoms with Gasteiger partial charge in [-0.1, -0.05) is 0 Å². The van der Waals surface area contributed by atoms with Gasteiger partial charge >= 0.3 is 0 Å². The molecule has 0 fully saturated rings. The smallest absolute Gasteiger partial charge is 0.274 e. The summed E-state index contributed by atoms with van der Waals surface area (Å²) in [5, 5.41) is 11.4. The molecule has 1 aromatic heterocycles. The minimum atomic E-state index is -0.847. The zero-order valence-electron chi connectivity index (χ0n) is 9.02. The molecule has 1 amide bonds. The van der Waals surface area contributed by atoms with Crippen molar-refractivity contribution in [3.05, 3.63) is 53.9 Å². The van der Waals surface area contributed by atoms with Gasteiger partial charge in [0.1, 0.15) is 11.5 Å². The van der Waals surface area contributed by atoms with Crippen molar-refractivity contribution in [2.24, 2.45) is 0 Å². The van der Waals surface area contributed by atoms with Crippen LogP contribution in [0.25, 0.3) is 0 Å². The first-order valence-corrected chi connectivity index (χ1v) is 4.97. The molecule has 18 heavy (non-hydrogen) atoms. The second-order valence-corrected chi connectivity index (χ2v) is 3.48. The number of phenolic OH excluding ortho intramolecular Hbond substituents is 1. The molecule has 92 valence electrons. The molecular formula is C12H8F2N2O2. The van der Waals surface area contributed by atoms with Gasteiger partial charge in [-0.25, -0.2) is 13.8 Å². The van der Waals surface area contributed by atoms with Gasteiger partial charge in [-0.05, 0) is 24.3 Å². The molecule has 2 rings (SSSR count). The molecule has 0 saturated carbocycles. The van der Waals surface area contributed by atoms with E-state index >= 15 is 0 Å². The molecule has 0 unspecified atom stereocenters. The Morgan fingerprint density at radius 1 is 1.22 bits per heavy atom. The van der Waals surface area contributed by atoms with E-state index in [0.717, 1.165) is 24.4 Å². The molecule has 0 spiro atoms. The summed E-state index contributed by atoms with van der Waals surface area (Å²) in [6.07, 6.45) is 0.909. The molecule has 0 bridgehead atoms. The van der Waals surface area contributed by atoms with Crippen LogP contribution in [0, 0.1) is 11.6 Å². The Hall–Kier alpha value is -2.50. The topological polar surface area (TPSA) is 62.2 Å². The van der Waals surface area contributed by atoms with Gasteiger partial charge in [-0.3, -0.25) is 4.79 Å². The van der Waals surface area contributed by atoms with Crippen molar-refractivity contribution in [2.45, 2.75) is 0 Å². The fourth-order valence-corrected chi connectivity index (χ4v) is 1.29. The molecule has 2 aromatic rings. The number of nitrogens with one attached hydrogen (secondary N) is 1. The quantitative estimate of drug-likeness (QED) is 0.804. The zero-order chi connectivity index (χ0) is 13.1. The maximum Gasteiger partial charge on any atom is 0.274 e.